The average Bonchev–Trinajstić information content (AvgIpc) is 3.39. The number of aromatic nitrogens is 2. The molecule has 4 aromatic rings. The number of anilines is 2. The van der Waals surface area contributed by atoms with Gasteiger partial charge in [0.25, 0.3) is 0 Å². The summed E-state index contributed by atoms with van der Waals surface area (Å²) in [6, 6.07) is 18.3. The van der Waals surface area contributed by atoms with Crippen LogP contribution >= 0.6 is 22.7 Å². The number of para-hydroxylation sites is 1. The average molecular weight is 422 g/mol. The predicted molar refractivity (Wildman–Crippen MR) is 121 cm³/mol. The number of hydrogen-bond acceptors (Lipinski definition) is 8. The second-order valence-corrected chi connectivity index (χ2v) is 8.57. The van der Waals surface area contributed by atoms with Gasteiger partial charge in [0.15, 0.2) is 5.13 Å². The molecule has 0 saturated carbocycles. The first-order valence-electron chi connectivity index (χ1n) is 9.40. The van der Waals surface area contributed by atoms with E-state index in [0.717, 1.165) is 62.9 Å². The predicted octanol–water partition coefficient (Wildman–Crippen LogP) is 4.70. The molecule has 6 nitrogen and oxygen atoms in total. The van der Waals surface area contributed by atoms with E-state index < -0.39 is 0 Å². The number of hydrazone groups is 1. The van der Waals surface area contributed by atoms with Crippen LogP contribution in [0.5, 0.6) is 0 Å². The van der Waals surface area contributed by atoms with Crippen LogP contribution in [0, 0.1) is 0 Å². The summed E-state index contributed by atoms with van der Waals surface area (Å²) in [7, 11) is 0. The molecule has 2 aromatic carbocycles. The van der Waals surface area contributed by atoms with Crippen molar-refractivity contribution < 1.29 is 4.74 Å². The Kier molecular flexibility index (Phi) is 5.21. The fourth-order valence-electron chi connectivity index (χ4n) is 3.17. The van der Waals surface area contributed by atoms with Gasteiger partial charge in [-0.1, -0.05) is 65.1 Å². The third-order valence-electron chi connectivity index (χ3n) is 4.61. The molecule has 8 heteroatoms. The van der Waals surface area contributed by atoms with Crippen LogP contribution in [0.3, 0.4) is 0 Å². The molecular weight excluding hydrogens is 402 g/mol. The van der Waals surface area contributed by atoms with Crippen molar-refractivity contribution in [3.05, 3.63) is 59.5 Å². The van der Waals surface area contributed by atoms with Crippen molar-refractivity contribution in [1.82, 2.24) is 9.97 Å². The van der Waals surface area contributed by atoms with Gasteiger partial charge >= 0.3 is 0 Å². The van der Waals surface area contributed by atoms with Crippen molar-refractivity contribution in [1.29, 1.82) is 0 Å². The van der Waals surface area contributed by atoms with Gasteiger partial charge in [0.2, 0.25) is 5.13 Å². The number of morpholine rings is 1. The Morgan fingerprint density at radius 3 is 2.59 bits per heavy atom. The van der Waals surface area contributed by atoms with Crippen molar-refractivity contribution in [3.8, 4) is 11.3 Å². The summed E-state index contributed by atoms with van der Waals surface area (Å²) in [4.78, 5) is 12.8. The first-order chi connectivity index (χ1) is 14.4. The number of nitrogens with one attached hydrogen (secondary N) is 1. The largest absolute Gasteiger partial charge is 0.378 e. The molecule has 0 radical (unpaired) electrons. The molecule has 3 heterocycles. The van der Waals surface area contributed by atoms with Gasteiger partial charge in [0.1, 0.15) is 0 Å². The molecule has 29 heavy (non-hydrogen) atoms. The summed E-state index contributed by atoms with van der Waals surface area (Å²) in [6.07, 6.45) is 1.84. The number of nitrogens with zero attached hydrogens (tertiary/aromatic N) is 4. The lowest BCUT2D eigenvalue weighted by atomic mass is 10.1. The standard InChI is InChI=1S/C21H19N5OS2/c1-2-6-15(7-3-1)19-18(29-21(24-19)26-10-12-27-13-11-26)14-22-25-20-23-16-8-4-5-9-17(16)28-20/h1-9,14H,10-13H2,(H,23,25)/b22-14-. The van der Waals surface area contributed by atoms with E-state index in [2.05, 4.69) is 38.6 Å². The molecule has 1 aliphatic rings. The van der Waals surface area contributed by atoms with Crippen molar-refractivity contribution in [2.75, 3.05) is 36.6 Å². The number of rotatable bonds is 5. The van der Waals surface area contributed by atoms with Crippen LogP contribution in [0.4, 0.5) is 10.3 Å². The Balaban J connectivity index is 1.42. The highest BCUT2D eigenvalue weighted by molar-refractivity contribution is 7.22. The van der Waals surface area contributed by atoms with Crippen molar-refractivity contribution in [3.63, 3.8) is 0 Å². The highest BCUT2D eigenvalue weighted by Crippen LogP contribution is 2.32. The van der Waals surface area contributed by atoms with E-state index in [1.165, 1.54) is 0 Å². The fraction of sp³-hybridized carbons (Fsp3) is 0.190. The molecule has 0 spiro atoms. The summed E-state index contributed by atoms with van der Waals surface area (Å²) in [5, 5.41) is 6.24. The summed E-state index contributed by atoms with van der Waals surface area (Å²) < 4.78 is 6.62. The first kappa shape index (κ1) is 18.2. The van der Waals surface area contributed by atoms with Gasteiger partial charge in [-0.15, -0.1) is 0 Å². The molecule has 1 N–H and O–H groups in total. The molecule has 0 unspecified atom stereocenters. The van der Waals surface area contributed by atoms with Gasteiger partial charge < -0.3 is 9.64 Å². The molecule has 146 valence electrons. The molecule has 0 aliphatic carbocycles. The Bertz CT molecular complexity index is 1100. The molecule has 5 rings (SSSR count). The van der Waals surface area contributed by atoms with Crippen LogP contribution in [-0.4, -0.2) is 42.5 Å². The van der Waals surface area contributed by atoms with E-state index in [1.54, 1.807) is 22.7 Å². The zero-order valence-corrected chi connectivity index (χ0v) is 17.2. The lowest BCUT2D eigenvalue weighted by molar-refractivity contribution is 0.122. The molecular formula is C21H19N5OS2. The second kappa shape index (κ2) is 8.28. The van der Waals surface area contributed by atoms with Gasteiger partial charge in [-0.2, -0.15) is 5.10 Å². The Labute approximate surface area is 176 Å². The molecule has 0 amide bonds. The van der Waals surface area contributed by atoms with E-state index in [0.29, 0.717) is 0 Å². The van der Waals surface area contributed by atoms with Crippen molar-refractivity contribution in [2.45, 2.75) is 0 Å². The minimum Gasteiger partial charge on any atom is -0.378 e. The molecule has 0 bridgehead atoms. The first-order valence-corrected chi connectivity index (χ1v) is 11.0. The lowest BCUT2D eigenvalue weighted by Crippen LogP contribution is -2.36. The molecule has 1 aliphatic heterocycles. The number of hydrogen-bond donors (Lipinski definition) is 1. The van der Waals surface area contributed by atoms with E-state index in [-0.39, 0.29) is 0 Å². The van der Waals surface area contributed by atoms with E-state index >= 15 is 0 Å². The van der Waals surface area contributed by atoms with Crippen molar-refractivity contribution >= 4 is 49.4 Å². The maximum atomic E-state index is 5.47. The summed E-state index contributed by atoms with van der Waals surface area (Å²) in [5.74, 6) is 0. The zero-order valence-electron chi connectivity index (χ0n) is 15.6. The van der Waals surface area contributed by atoms with Crippen LogP contribution < -0.4 is 10.3 Å². The van der Waals surface area contributed by atoms with Crippen LogP contribution in [0.1, 0.15) is 4.88 Å². The Morgan fingerprint density at radius 2 is 1.76 bits per heavy atom. The zero-order chi connectivity index (χ0) is 19.5. The topological polar surface area (TPSA) is 62.6 Å². The Hall–Kier alpha value is -2.81. The number of ether oxygens (including phenoxy) is 1. The van der Waals surface area contributed by atoms with Crippen LogP contribution in [0.2, 0.25) is 0 Å². The van der Waals surface area contributed by atoms with Crippen LogP contribution in [0.25, 0.3) is 21.5 Å². The smallest absolute Gasteiger partial charge is 0.204 e. The molecule has 0 atom stereocenters. The van der Waals surface area contributed by atoms with Crippen LogP contribution in [-0.2, 0) is 4.74 Å². The van der Waals surface area contributed by atoms with Gasteiger partial charge in [0.05, 0.1) is 40.2 Å². The van der Waals surface area contributed by atoms with Crippen molar-refractivity contribution in [2.24, 2.45) is 5.10 Å². The lowest BCUT2D eigenvalue weighted by Gasteiger charge is -2.26. The van der Waals surface area contributed by atoms with E-state index in [4.69, 9.17) is 9.72 Å². The normalized spacial score (nSPS) is 14.7. The highest BCUT2D eigenvalue weighted by Gasteiger charge is 2.18. The number of thiazole rings is 2. The monoisotopic (exact) mass is 421 g/mol. The summed E-state index contributed by atoms with van der Waals surface area (Å²) in [6.45, 7) is 3.20. The van der Waals surface area contributed by atoms with Gasteiger partial charge in [0, 0.05) is 18.7 Å². The highest BCUT2D eigenvalue weighted by atomic mass is 32.1. The van der Waals surface area contributed by atoms with Gasteiger partial charge in [-0.3, -0.25) is 5.43 Å². The quantitative estimate of drug-likeness (QED) is 0.374. The molecule has 1 saturated heterocycles. The minimum atomic E-state index is 0.739. The Morgan fingerprint density at radius 1 is 0.966 bits per heavy atom. The van der Waals surface area contributed by atoms with Crippen LogP contribution in [0.15, 0.2) is 59.7 Å². The minimum absolute atomic E-state index is 0.739. The van der Waals surface area contributed by atoms with Gasteiger partial charge in [-0.25, -0.2) is 9.97 Å². The maximum Gasteiger partial charge on any atom is 0.204 e. The fourth-order valence-corrected chi connectivity index (χ4v) is 4.99. The molecule has 2 aromatic heterocycles. The SMILES string of the molecule is C(=N/Nc1nc2ccccc2s1)/c1sc(N2CCOCC2)nc1-c1ccccc1. The molecule has 1 fully saturated rings. The second-order valence-electron chi connectivity index (χ2n) is 6.53. The van der Waals surface area contributed by atoms with E-state index in [9.17, 15) is 0 Å². The van der Waals surface area contributed by atoms with Gasteiger partial charge in [-0.05, 0) is 12.1 Å². The third kappa shape index (κ3) is 4.00. The number of benzene rings is 2. The summed E-state index contributed by atoms with van der Waals surface area (Å²) in [5.41, 5.74) is 6.09. The summed E-state index contributed by atoms with van der Waals surface area (Å²) >= 11 is 3.24. The van der Waals surface area contributed by atoms with E-state index in [1.807, 2.05) is 42.6 Å². The number of fused-ring (bicyclic) bond motifs is 1. The maximum absolute atomic E-state index is 5.47. The third-order valence-corrected chi connectivity index (χ3v) is 6.60.